The summed E-state index contributed by atoms with van der Waals surface area (Å²) in [5.74, 6) is 0.0332. The number of nitrogens with one attached hydrogen (secondary N) is 1. The summed E-state index contributed by atoms with van der Waals surface area (Å²) in [6.45, 7) is 1.21. The lowest BCUT2D eigenvalue weighted by Crippen LogP contribution is -2.50. The second-order valence-corrected chi connectivity index (χ2v) is 3.68. The maximum absolute atomic E-state index is 12.4. The summed E-state index contributed by atoms with van der Waals surface area (Å²) in [7, 11) is 0. The molecule has 0 amide bonds. The first-order chi connectivity index (χ1) is 8.08. The van der Waals surface area contributed by atoms with Crippen LogP contribution in [-0.2, 0) is 0 Å². The van der Waals surface area contributed by atoms with E-state index in [1.807, 2.05) is 0 Å². The molecule has 1 fully saturated rings. The predicted octanol–water partition coefficient (Wildman–Crippen LogP) is 1.88. The molecule has 7 heteroatoms. The van der Waals surface area contributed by atoms with Crippen molar-refractivity contribution in [3.63, 3.8) is 0 Å². The lowest BCUT2D eigenvalue weighted by atomic mass is 10.2. The summed E-state index contributed by atoms with van der Waals surface area (Å²) < 4.78 is 30.1. The fraction of sp³-hybridized carbons (Fsp3) is 0.400. The molecular weight excluding hydrogens is 234 g/mol. The molecule has 1 aliphatic heterocycles. The van der Waals surface area contributed by atoms with Gasteiger partial charge in [0.25, 0.3) is 6.43 Å². The standard InChI is InChI=1S/C10H10F2N2O3/c11-10(12)6-1-2-9(8(3-6)14(15)16)17-7-4-13-5-7/h1-3,7,10,13H,4-5H2. The Labute approximate surface area is 95.5 Å². The average molecular weight is 244 g/mol. The van der Waals surface area contributed by atoms with Crippen molar-refractivity contribution < 1.29 is 18.4 Å². The molecule has 5 nitrogen and oxygen atoms in total. The van der Waals surface area contributed by atoms with Crippen molar-refractivity contribution in [2.75, 3.05) is 13.1 Å². The number of hydrogen-bond donors (Lipinski definition) is 1. The number of rotatable bonds is 4. The third-order valence-electron chi connectivity index (χ3n) is 2.47. The van der Waals surface area contributed by atoms with Crippen molar-refractivity contribution in [3.05, 3.63) is 33.9 Å². The first-order valence-corrected chi connectivity index (χ1v) is 5.02. The van der Waals surface area contributed by atoms with E-state index >= 15 is 0 Å². The van der Waals surface area contributed by atoms with Gasteiger partial charge in [-0.2, -0.15) is 0 Å². The minimum absolute atomic E-state index is 0.0332. The molecule has 1 aliphatic rings. The first-order valence-electron chi connectivity index (χ1n) is 5.02. The maximum Gasteiger partial charge on any atom is 0.311 e. The Balaban J connectivity index is 2.26. The molecular formula is C10H10F2N2O3. The highest BCUT2D eigenvalue weighted by Gasteiger charge is 2.24. The van der Waals surface area contributed by atoms with E-state index in [1.165, 1.54) is 6.07 Å². The topological polar surface area (TPSA) is 64.4 Å². The second-order valence-electron chi connectivity index (χ2n) is 3.68. The molecule has 17 heavy (non-hydrogen) atoms. The van der Waals surface area contributed by atoms with Crippen LogP contribution in [0.15, 0.2) is 18.2 Å². The van der Waals surface area contributed by atoms with Crippen LogP contribution in [0.2, 0.25) is 0 Å². The van der Waals surface area contributed by atoms with E-state index < -0.39 is 17.0 Å². The van der Waals surface area contributed by atoms with Crippen LogP contribution in [0, 0.1) is 10.1 Å². The number of alkyl halides is 2. The van der Waals surface area contributed by atoms with Gasteiger partial charge in [-0.1, -0.05) is 0 Å². The fourth-order valence-corrected chi connectivity index (χ4v) is 1.44. The van der Waals surface area contributed by atoms with Gasteiger partial charge in [-0.25, -0.2) is 8.78 Å². The van der Waals surface area contributed by atoms with E-state index in [0.29, 0.717) is 13.1 Å². The predicted molar refractivity (Wildman–Crippen MR) is 55.3 cm³/mol. The number of halogens is 2. The highest BCUT2D eigenvalue weighted by atomic mass is 19.3. The van der Waals surface area contributed by atoms with Gasteiger partial charge in [-0.15, -0.1) is 0 Å². The van der Waals surface area contributed by atoms with Crippen LogP contribution in [-0.4, -0.2) is 24.1 Å². The molecule has 0 spiro atoms. The Kier molecular flexibility index (Phi) is 3.19. The molecule has 1 aromatic rings. The Bertz CT molecular complexity index is 436. The quantitative estimate of drug-likeness (QED) is 0.648. The lowest BCUT2D eigenvalue weighted by Gasteiger charge is -2.27. The summed E-state index contributed by atoms with van der Waals surface area (Å²) in [6.07, 6.45) is -2.86. The van der Waals surface area contributed by atoms with Gasteiger partial charge in [-0.05, 0) is 12.1 Å². The van der Waals surface area contributed by atoms with E-state index in [1.54, 1.807) is 0 Å². The van der Waals surface area contributed by atoms with Crippen LogP contribution in [0.25, 0.3) is 0 Å². The van der Waals surface area contributed by atoms with Crippen LogP contribution in [0.1, 0.15) is 12.0 Å². The zero-order chi connectivity index (χ0) is 12.4. The van der Waals surface area contributed by atoms with Crippen LogP contribution < -0.4 is 10.1 Å². The Morgan fingerprint density at radius 1 is 1.47 bits per heavy atom. The van der Waals surface area contributed by atoms with E-state index in [2.05, 4.69) is 5.32 Å². The van der Waals surface area contributed by atoms with Gasteiger partial charge in [0.1, 0.15) is 6.10 Å². The third-order valence-corrected chi connectivity index (χ3v) is 2.47. The molecule has 0 saturated carbocycles. The summed E-state index contributed by atoms with van der Waals surface area (Å²) >= 11 is 0. The first kappa shape index (κ1) is 11.7. The molecule has 1 heterocycles. The zero-order valence-electron chi connectivity index (χ0n) is 8.73. The SMILES string of the molecule is O=[N+]([O-])c1cc(C(F)F)ccc1OC1CNC1. The van der Waals surface area contributed by atoms with Gasteiger partial charge < -0.3 is 10.1 Å². The number of ether oxygens (including phenoxy) is 1. The van der Waals surface area contributed by atoms with Crippen molar-refractivity contribution in [1.29, 1.82) is 0 Å². The normalized spacial score (nSPS) is 15.7. The molecule has 0 radical (unpaired) electrons. The summed E-state index contributed by atoms with van der Waals surface area (Å²) in [5, 5.41) is 13.7. The van der Waals surface area contributed by atoms with E-state index in [9.17, 15) is 18.9 Å². The fourth-order valence-electron chi connectivity index (χ4n) is 1.44. The number of benzene rings is 1. The summed E-state index contributed by atoms with van der Waals surface area (Å²) in [4.78, 5) is 10.0. The van der Waals surface area contributed by atoms with Crippen molar-refractivity contribution in [3.8, 4) is 5.75 Å². The van der Waals surface area contributed by atoms with Crippen LogP contribution in [0.5, 0.6) is 5.75 Å². The minimum Gasteiger partial charge on any atom is -0.481 e. The summed E-state index contributed by atoms with van der Waals surface area (Å²) in [5.41, 5.74) is -0.800. The molecule has 0 aromatic heterocycles. The number of nitro groups is 1. The monoisotopic (exact) mass is 244 g/mol. The molecule has 0 unspecified atom stereocenters. The summed E-state index contributed by atoms with van der Waals surface area (Å²) in [6, 6.07) is 3.21. The molecule has 0 atom stereocenters. The van der Waals surface area contributed by atoms with Gasteiger partial charge >= 0.3 is 5.69 Å². The highest BCUT2D eigenvalue weighted by Crippen LogP contribution is 2.32. The van der Waals surface area contributed by atoms with Crippen molar-refractivity contribution in [2.24, 2.45) is 0 Å². The van der Waals surface area contributed by atoms with Crippen LogP contribution in [0.3, 0.4) is 0 Å². The lowest BCUT2D eigenvalue weighted by molar-refractivity contribution is -0.386. The van der Waals surface area contributed by atoms with Crippen molar-refractivity contribution >= 4 is 5.69 Å². The van der Waals surface area contributed by atoms with E-state index in [4.69, 9.17) is 4.74 Å². The molecule has 1 aromatic carbocycles. The molecule has 92 valence electrons. The molecule has 1 N–H and O–H groups in total. The molecule has 1 saturated heterocycles. The molecule has 0 bridgehead atoms. The molecule has 2 rings (SSSR count). The molecule has 0 aliphatic carbocycles. The van der Waals surface area contributed by atoms with E-state index in [-0.39, 0.29) is 17.4 Å². The van der Waals surface area contributed by atoms with Gasteiger partial charge in [0.2, 0.25) is 0 Å². The van der Waals surface area contributed by atoms with E-state index in [0.717, 1.165) is 12.1 Å². The number of nitro benzene ring substituents is 1. The third kappa shape index (κ3) is 2.50. The maximum atomic E-state index is 12.4. The highest BCUT2D eigenvalue weighted by molar-refractivity contribution is 5.49. The smallest absolute Gasteiger partial charge is 0.311 e. The van der Waals surface area contributed by atoms with Crippen molar-refractivity contribution in [2.45, 2.75) is 12.5 Å². The van der Waals surface area contributed by atoms with Gasteiger partial charge in [0.05, 0.1) is 4.92 Å². The minimum atomic E-state index is -2.73. The second kappa shape index (κ2) is 4.62. The van der Waals surface area contributed by atoms with Gasteiger partial charge in [0, 0.05) is 24.7 Å². The van der Waals surface area contributed by atoms with Gasteiger partial charge in [-0.3, -0.25) is 10.1 Å². The largest absolute Gasteiger partial charge is 0.481 e. The van der Waals surface area contributed by atoms with Crippen LogP contribution in [0.4, 0.5) is 14.5 Å². The van der Waals surface area contributed by atoms with Crippen LogP contribution >= 0.6 is 0 Å². The van der Waals surface area contributed by atoms with Gasteiger partial charge in [0.15, 0.2) is 5.75 Å². The Morgan fingerprint density at radius 3 is 2.65 bits per heavy atom. The zero-order valence-corrected chi connectivity index (χ0v) is 8.73. The number of hydrogen-bond acceptors (Lipinski definition) is 4. The Hall–Kier alpha value is -1.76. The average Bonchev–Trinajstić information content (AvgIpc) is 2.23. The van der Waals surface area contributed by atoms with Crippen molar-refractivity contribution in [1.82, 2.24) is 5.32 Å². The number of nitrogens with zero attached hydrogens (tertiary/aromatic N) is 1. The Morgan fingerprint density at radius 2 is 2.18 bits per heavy atom.